The highest BCUT2D eigenvalue weighted by Gasteiger charge is 2.21. The fraction of sp³-hybridized carbons (Fsp3) is 0.214. The van der Waals surface area contributed by atoms with Crippen LogP contribution in [0.4, 0.5) is 0 Å². The van der Waals surface area contributed by atoms with Crippen molar-refractivity contribution in [3.8, 4) is 0 Å². The normalized spacial score (nSPS) is 12.8. The maximum Gasteiger partial charge on any atom is 0.259 e. The van der Waals surface area contributed by atoms with Gasteiger partial charge in [-0.2, -0.15) is 0 Å². The third kappa shape index (κ3) is 1.44. The molecule has 17 heavy (non-hydrogen) atoms. The third-order valence-electron chi connectivity index (χ3n) is 3.19. The van der Waals surface area contributed by atoms with Crippen molar-refractivity contribution < 1.29 is 4.68 Å². The van der Waals surface area contributed by atoms with Crippen LogP contribution in [0, 0.1) is 0 Å². The second-order valence-electron chi connectivity index (χ2n) is 4.63. The van der Waals surface area contributed by atoms with Gasteiger partial charge < -0.3 is 0 Å². The van der Waals surface area contributed by atoms with Gasteiger partial charge in [0.05, 0.1) is 5.39 Å². The average Bonchev–Trinajstić information content (AvgIpc) is 2.65. The Balaban J connectivity index is 2.63. The van der Waals surface area contributed by atoms with Crippen molar-refractivity contribution in [2.75, 3.05) is 5.84 Å². The summed E-state index contributed by atoms with van der Waals surface area (Å²) in [5.74, 6) is 6.11. The fourth-order valence-corrected chi connectivity index (χ4v) is 5.27. The highest BCUT2D eigenvalue weighted by molar-refractivity contribution is 7.61. The first kappa shape index (κ1) is 10.6. The molecule has 0 fully saturated rings. The van der Waals surface area contributed by atoms with E-state index in [-0.39, 0.29) is 7.53 Å². The van der Waals surface area contributed by atoms with Crippen LogP contribution in [-0.4, -0.2) is 0 Å². The molecule has 0 aliphatic heterocycles. The third-order valence-corrected chi connectivity index (χ3v) is 6.06. The first-order valence-electron chi connectivity index (χ1n) is 5.88. The Morgan fingerprint density at radius 2 is 1.76 bits per heavy atom. The van der Waals surface area contributed by atoms with Crippen LogP contribution in [0.5, 0.6) is 0 Å². The molecule has 2 aromatic heterocycles. The molecule has 2 nitrogen and oxygen atoms in total. The van der Waals surface area contributed by atoms with E-state index >= 15 is 0 Å². The molecule has 1 aromatic carbocycles. The number of nitrogens with two attached hydrogens (primary N) is 1. The predicted octanol–water partition coefficient (Wildman–Crippen LogP) is 3.56. The molecule has 0 bridgehead atoms. The summed E-state index contributed by atoms with van der Waals surface area (Å²) in [6, 6.07) is 12.9. The Bertz CT molecular complexity index is 698. The highest BCUT2D eigenvalue weighted by Crippen LogP contribution is 2.53. The summed E-state index contributed by atoms with van der Waals surface area (Å²) in [6.07, 6.45) is 1.95. The van der Waals surface area contributed by atoms with E-state index in [1.165, 1.54) is 21.1 Å². The highest BCUT2D eigenvalue weighted by atomic mass is 31.1. The van der Waals surface area contributed by atoms with Crippen molar-refractivity contribution in [1.29, 1.82) is 0 Å². The number of pyridine rings is 1. The lowest BCUT2D eigenvalue weighted by Crippen LogP contribution is -2.43. The van der Waals surface area contributed by atoms with Gasteiger partial charge >= 0.3 is 0 Å². The number of nitrogens with zero attached hydrogens (tertiary/aromatic N) is 1. The van der Waals surface area contributed by atoms with Gasteiger partial charge in [-0.3, -0.25) is 0 Å². The summed E-state index contributed by atoms with van der Waals surface area (Å²) in [6.45, 7) is 4.56. The first-order valence-corrected chi connectivity index (χ1v) is 7.29. The Kier molecular flexibility index (Phi) is 2.34. The van der Waals surface area contributed by atoms with E-state index in [9.17, 15) is 0 Å². The number of fused-ring (bicyclic) bond motifs is 3. The van der Waals surface area contributed by atoms with E-state index in [1.54, 1.807) is 4.68 Å². The molecule has 1 atom stereocenters. The van der Waals surface area contributed by atoms with Crippen LogP contribution in [-0.2, 0) is 0 Å². The monoisotopic (exact) mass is 243 g/mol. The molecule has 3 rings (SSSR count). The van der Waals surface area contributed by atoms with Crippen molar-refractivity contribution in [3.63, 3.8) is 0 Å². The van der Waals surface area contributed by atoms with E-state index in [4.69, 9.17) is 5.84 Å². The number of hydrogen-bond donors (Lipinski definition) is 1. The summed E-state index contributed by atoms with van der Waals surface area (Å²) >= 11 is 0. The van der Waals surface area contributed by atoms with Crippen LogP contribution < -0.4 is 10.5 Å². The van der Waals surface area contributed by atoms with Crippen LogP contribution in [0.1, 0.15) is 19.5 Å². The van der Waals surface area contributed by atoms with Gasteiger partial charge in [0.25, 0.3) is 5.25 Å². The van der Waals surface area contributed by atoms with Gasteiger partial charge in [0, 0.05) is 16.6 Å². The largest absolute Gasteiger partial charge is 0.259 e. The molecule has 0 aliphatic rings. The summed E-state index contributed by atoms with van der Waals surface area (Å²) in [5, 5.41) is 5.45. The van der Waals surface area contributed by atoms with E-state index in [1.807, 2.05) is 12.3 Å². The van der Waals surface area contributed by atoms with Crippen LogP contribution in [0.15, 0.2) is 42.6 Å². The summed E-state index contributed by atoms with van der Waals surface area (Å²) in [5.41, 5.74) is 0.615. The second kappa shape index (κ2) is 3.75. The van der Waals surface area contributed by atoms with E-state index in [0.717, 1.165) is 0 Å². The first-order chi connectivity index (χ1) is 8.20. The minimum absolute atomic E-state index is 0.319. The molecule has 0 spiro atoms. The molecule has 0 saturated heterocycles. The lowest BCUT2D eigenvalue weighted by Gasteiger charge is -2.03. The Labute approximate surface area is 102 Å². The molecule has 1 unspecified atom stereocenters. The van der Waals surface area contributed by atoms with Crippen LogP contribution in [0.25, 0.3) is 21.1 Å². The fourth-order valence-electron chi connectivity index (χ4n) is 2.53. The van der Waals surface area contributed by atoms with Gasteiger partial charge in [0.1, 0.15) is 0 Å². The van der Waals surface area contributed by atoms with E-state index in [0.29, 0.717) is 5.66 Å². The van der Waals surface area contributed by atoms with E-state index < -0.39 is 0 Å². The zero-order valence-corrected chi connectivity index (χ0v) is 11.0. The molecular formula is C14H16N2P+. The van der Waals surface area contributed by atoms with Crippen molar-refractivity contribution >= 4 is 28.7 Å². The average molecular weight is 243 g/mol. The molecule has 2 N–H and O–H groups in total. The van der Waals surface area contributed by atoms with E-state index in [2.05, 4.69) is 44.2 Å². The quantitative estimate of drug-likeness (QED) is 0.514. The minimum atomic E-state index is -0.319. The van der Waals surface area contributed by atoms with Crippen molar-refractivity contribution in [3.05, 3.63) is 42.6 Å². The van der Waals surface area contributed by atoms with Crippen LogP contribution in [0.3, 0.4) is 0 Å². The topological polar surface area (TPSA) is 29.9 Å². The summed E-state index contributed by atoms with van der Waals surface area (Å²) in [7, 11) is -0.319. The second-order valence-corrected chi connectivity index (χ2v) is 7.31. The van der Waals surface area contributed by atoms with Crippen molar-refractivity contribution in [1.82, 2.24) is 0 Å². The van der Waals surface area contributed by atoms with Gasteiger partial charge in [0.2, 0.25) is 0 Å². The maximum absolute atomic E-state index is 6.11. The molecule has 3 heteroatoms. The van der Waals surface area contributed by atoms with Gasteiger partial charge in [0.15, 0.2) is 6.20 Å². The van der Waals surface area contributed by atoms with Gasteiger partial charge in [-0.1, -0.05) is 42.8 Å². The van der Waals surface area contributed by atoms with Crippen LogP contribution in [0.2, 0.25) is 0 Å². The molecule has 86 valence electrons. The van der Waals surface area contributed by atoms with Crippen molar-refractivity contribution in [2.24, 2.45) is 0 Å². The molecule has 0 amide bonds. The molecular weight excluding hydrogens is 227 g/mol. The van der Waals surface area contributed by atoms with Crippen molar-refractivity contribution in [2.45, 2.75) is 19.5 Å². The number of nitrogen functional groups attached to an aromatic ring is 1. The zero-order chi connectivity index (χ0) is 12.0. The molecule has 3 aromatic rings. The summed E-state index contributed by atoms with van der Waals surface area (Å²) < 4.78 is 1.81. The zero-order valence-electron chi connectivity index (χ0n) is 10.1. The summed E-state index contributed by atoms with van der Waals surface area (Å²) in [4.78, 5) is 0. The maximum atomic E-state index is 6.11. The molecule has 0 saturated carbocycles. The Morgan fingerprint density at radius 1 is 1.06 bits per heavy atom. The molecule has 0 radical (unpaired) electrons. The van der Waals surface area contributed by atoms with Gasteiger partial charge in [-0.15, -0.1) is 0 Å². The van der Waals surface area contributed by atoms with Crippen LogP contribution >= 0.6 is 7.53 Å². The SMILES string of the molecule is CC(C)p1c2ccccc2c2ccc[n+](N)c21. The molecule has 2 heterocycles. The predicted molar refractivity (Wildman–Crippen MR) is 74.9 cm³/mol. The number of hydrogen-bond acceptors (Lipinski definition) is 1. The minimum Gasteiger partial charge on any atom is -0.205 e. The van der Waals surface area contributed by atoms with Gasteiger partial charge in [-0.25, -0.2) is 5.84 Å². The number of rotatable bonds is 1. The lowest BCUT2D eigenvalue weighted by molar-refractivity contribution is -0.609. The standard InChI is InChI=1S/C14H16N2P/c1-10(2)17-13-8-4-3-6-11(13)12-7-5-9-16(15)14(12)17/h3-10H,15H2,1-2H3/q+1. The number of benzene rings is 1. The Morgan fingerprint density at radius 3 is 2.53 bits per heavy atom. The molecule has 0 aliphatic carbocycles. The smallest absolute Gasteiger partial charge is 0.205 e. The van der Waals surface area contributed by atoms with Gasteiger partial charge in [-0.05, 0) is 19.3 Å². The Hall–Kier alpha value is -1.53. The lowest BCUT2D eigenvalue weighted by atomic mass is 10.2. The number of aromatic nitrogens is 1.